The van der Waals surface area contributed by atoms with E-state index in [2.05, 4.69) is 10.6 Å². The highest BCUT2D eigenvalue weighted by Gasteiger charge is 2.13. The van der Waals surface area contributed by atoms with E-state index in [1.165, 1.54) is 0 Å². The van der Waals surface area contributed by atoms with Gasteiger partial charge in [-0.3, -0.25) is 9.59 Å². The van der Waals surface area contributed by atoms with E-state index in [-0.39, 0.29) is 29.1 Å². The van der Waals surface area contributed by atoms with Gasteiger partial charge in [0.05, 0.1) is 22.2 Å². The van der Waals surface area contributed by atoms with Crippen LogP contribution in [0, 0.1) is 0 Å². The second-order valence-electron chi connectivity index (χ2n) is 4.01. The third-order valence-electron chi connectivity index (χ3n) is 2.06. The summed E-state index contributed by atoms with van der Waals surface area (Å²) in [5.74, 6) is -0.682. The number of rotatable bonds is 4. The lowest BCUT2D eigenvalue weighted by molar-refractivity contribution is -0.120. The zero-order valence-corrected chi connectivity index (χ0v) is 11.6. The van der Waals surface area contributed by atoms with Crippen molar-refractivity contribution < 1.29 is 9.59 Å². The maximum atomic E-state index is 11.8. The summed E-state index contributed by atoms with van der Waals surface area (Å²) in [6.45, 7) is 3.58. The first-order chi connectivity index (χ1) is 8.41. The number of hydrogen-bond acceptors (Lipinski definition) is 2. The summed E-state index contributed by atoms with van der Waals surface area (Å²) in [4.78, 5) is 23.1. The van der Waals surface area contributed by atoms with Gasteiger partial charge in [0.2, 0.25) is 5.91 Å². The fraction of sp³-hybridized carbons (Fsp3) is 0.333. The van der Waals surface area contributed by atoms with Gasteiger partial charge in [-0.05, 0) is 26.0 Å². The van der Waals surface area contributed by atoms with Crippen LogP contribution in [0.1, 0.15) is 24.2 Å². The number of benzene rings is 1. The Labute approximate surface area is 116 Å². The standard InChI is InChI=1S/C12H14Cl2N2O2/c1-7(2)16-10(17)6-15-12(18)8-4-3-5-9(13)11(8)14/h3-5,7H,6H2,1-2H3,(H,15,18)(H,16,17). The molecule has 0 bridgehead atoms. The van der Waals surface area contributed by atoms with Crippen molar-refractivity contribution in [2.45, 2.75) is 19.9 Å². The van der Waals surface area contributed by atoms with Crippen LogP contribution in [-0.4, -0.2) is 24.4 Å². The number of halogens is 2. The van der Waals surface area contributed by atoms with Crippen LogP contribution in [0.15, 0.2) is 18.2 Å². The topological polar surface area (TPSA) is 58.2 Å². The van der Waals surface area contributed by atoms with Crippen LogP contribution in [0.4, 0.5) is 0 Å². The van der Waals surface area contributed by atoms with E-state index in [1.54, 1.807) is 18.2 Å². The predicted octanol–water partition coefficient (Wildman–Crippen LogP) is 2.25. The van der Waals surface area contributed by atoms with Crippen molar-refractivity contribution in [2.24, 2.45) is 0 Å². The van der Waals surface area contributed by atoms with Crippen molar-refractivity contribution in [3.63, 3.8) is 0 Å². The maximum Gasteiger partial charge on any atom is 0.253 e. The Morgan fingerprint density at radius 3 is 2.56 bits per heavy atom. The number of hydrogen-bond donors (Lipinski definition) is 2. The first-order valence-electron chi connectivity index (χ1n) is 5.43. The Morgan fingerprint density at radius 2 is 1.94 bits per heavy atom. The number of amides is 2. The molecule has 0 aliphatic carbocycles. The number of carbonyl (C=O) groups is 2. The lowest BCUT2D eigenvalue weighted by Gasteiger charge is -2.10. The lowest BCUT2D eigenvalue weighted by atomic mass is 10.2. The van der Waals surface area contributed by atoms with E-state index in [0.29, 0.717) is 5.02 Å². The molecule has 6 heteroatoms. The first kappa shape index (κ1) is 14.8. The number of carbonyl (C=O) groups excluding carboxylic acids is 2. The molecule has 0 saturated carbocycles. The van der Waals surface area contributed by atoms with E-state index < -0.39 is 5.91 Å². The summed E-state index contributed by atoms with van der Waals surface area (Å²) < 4.78 is 0. The minimum absolute atomic E-state index is 0.0316. The summed E-state index contributed by atoms with van der Waals surface area (Å²) in [5, 5.41) is 5.62. The van der Waals surface area contributed by atoms with Crippen molar-refractivity contribution in [1.82, 2.24) is 10.6 Å². The van der Waals surface area contributed by atoms with Gasteiger partial charge in [0, 0.05) is 6.04 Å². The first-order valence-corrected chi connectivity index (χ1v) is 6.19. The minimum atomic E-state index is -0.429. The van der Waals surface area contributed by atoms with Crippen LogP contribution in [0.3, 0.4) is 0 Å². The van der Waals surface area contributed by atoms with Crippen LogP contribution < -0.4 is 10.6 Å². The molecule has 0 aliphatic rings. The Kier molecular flexibility index (Phi) is 5.44. The van der Waals surface area contributed by atoms with Crippen LogP contribution >= 0.6 is 23.2 Å². The fourth-order valence-corrected chi connectivity index (χ4v) is 1.69. The van der Waals surface area contributed by atoms with Gasteiger partial charge >= 0.3 is 0 Å². The van der Waals surface area contributed by atoms with Gasteiger partial charge in [0.15, 0.2) is 0 Å². The van der Waals surface area contributed by atoms with Gasteiger partial charge in [-0.25, -0.2) is 0 Å². The van der Waals surface area contributed by atoms with E-state index in [4.69, 9.17) is 23.2 Å². The zero-order valence-electron chi connectivity index (χ0n) is 10.1. The highest BCUT2D eigenvalue weighted by molar-refractivity contribution is 6.43. The van der Waals surface area contributed by atoms with Crippen molar-refractivity contribution >= 4 is 35.0 Å². The van der Waals surface area contributed by atoms with Gasteiger partial charge in [-0.15, -0.1) is 0 Å². The average molecular weight is 289 g/mol. The molecule has 2 amide bonds. The molecule has 18 heavy (non-hydrogen) atoms. The molecule has 0 heterocycles. The third-order valence-corrected chi connectivity index (χ3v) is 2.87. The fourth-order valence-electron chi connectivity index (χ4n) is 1.31. The number of nitrogens with one attached hydrogen (secondary N) is 2. The molecule has 4 nitrogen and oxygen atoms in total. The molecule has 0 unspecified atom stereocenters. The van der Waals surface area contributed by atoms with E-state index in [9.17, 15) is 9.59 Å². The molecule has 0 aliphatic heterocycles. The Hall–Kier alpha value is -1.26. The molecular formula is C12H14Cl2N2O2. The smallest absolute Gasteiger partial charge is 0.253 e. The van der Waals surface area contributed by atoms with Gasteiger partial charge in [0.1, 0.15) is 0 Å². The van der Waals surface area contributed by atoms with Crippen LogP contribution in [0.25, 0.3) is 0 Å². The third kappa shape index (κ3) is 4.20. The zero-order chi connectivity index (χ0) is 13.7. The molecule has 0 fully saturated rings. The van der Waals surface area contributed by atoms with Crippen molar-refractivity contribution in [3.05, 3.63) is 33.8 Å². The minimum Gasteiger partial charge on any atom is -0.352 e. The molecule has 0 radical (unpaired) electrons. The Bertz CT molecular complexity index is 461. The van der Waals surface area contributed by atoms with Crippen LogP contribution in [0.2, 0.25) is 10.0 Å². The van der Waals surface area contributed by atoms with E-state index >= 15 is 0 Å². The molecule has 98 valence electrons. The largest absolute Gasteiger partial charge is 0.352 e. The summed E-state index contributed by atoms with van der Waals surface area (Å²) >= 11 is 11.7. The molecule has 0 aromatic heterocycles. The molecule has 1 aromatic carbocycles. The van der Waals surface area contributed by atoms with Crippen molar-refractivity contribution in [1.29, 1.82) is 0 Å². The molecule has 0 spiro atoms. The predicted molar refractivity (Wildman–Crippen MR) is 72.1 cm³/mol. The normalized spacial score (nSPS) is 10.3. The Balaban J connectivity index is 2.61. The molecule has 1 aromatic rings. The second-order valence-corrected chi connectivity index (χ2v) is 4.79. The summed E-state index contributed by atoms with van der Waals surface area (Å²) in [6, 6.07) is 4.79. The lowest BCUT2D eigenvalue weighted by Crippen LogP contribution is -2.39. The van der Waals surface area contributed by atoms with Crippen molar-refractivity contribution in [3.8, 4) is 0 Å². The van der Waals surface area contributed by atoms with Crippen LogP contribution in [-0.2, 0) is 4.79 Å². The molecule has 2 N–H and O–H groups in total. The quantitative estimate of drug-likeness (QED) is 0.893. The second kappa shape index (κ2) is 6.61. The molecule has 0 atom stereocenters. The molecular weight excluding hydrogens is 275 g/mol. The highest BCUT2D eigenvalue weighted by Crippen LogP contribution is 2.25. The SMILES string of the molecule is CC(C)NC(=O)CNC(=O)c1cccc(Cl)c1Cl. The molecule has 0 saturated heterocycles. The average Bonchev–Trinajstić information content (AvgIpc) is 2.29. The van der Waals surface area contributed by atoms with Gasteiger partial charge < -0.3 is 10.6 Å². The van der Waals surface area contributed by atoms with E-state index in [0.717, 1.165) is 0 Å². The summed E-state index contributed by atoms with van der Waals surface area (Å²) in [6.07, 6.45) is 0. The Morgan fingerprint density at radius 1 is 1.28 bits per heavy atom. The van der Waals surface area contributed by atoms with Crippen molar-refractivity contribution in [2.75, 3.05) is 6.54 Å². The highest BCUT2D eigenvalue weighted by atomic mass is 35.5. The molecule has 1 rings (SSSR count). The summed E-state index contributed by atoms with van der Waals surface area (Å²) in [7, 11) is 0. The van der Waals surface area contributed by atoms with Gasteiger partial charge in [0.25, 0.3) is 5.91 Å². The van der Waals surface area contributed by atoms with Gasteiger partial charge in [-0.2, -0.15) is 0 Å². The monoisotopic (exact) mass is 288 g/mol. The summed E-state index contributed by atoms with van der Waals surface area (Å²) in [5.41, 5.74) is 0.251. The van der Waals surface area contributed by atoms with E-state index in [1.807, 2.05) is 13.8 Å². The maximum absolute atomic E-state index is 11.8. The van der Waals surface area contributed by atoms with Gasteiger partial charge in [-0.1, -0.05) is 29.3 Å². The van der Waals surface area contributed by atoms with Crippen LogP contribution in [0.5, 0.6) is 0 Å².